The molecule has 0 saturated heterocycles. The molecule has 0 bridgehead atoms. The number of nitrogens with zero attached hydrogens (tertiary/aromatic N) is 1. The molecule has 1 atom stereocenters. The Kier molecular flexibility index (Phi) is 11.2. The Balaban J connectivity index is 0.00000450. The number of nitrogens with one attached hydrogen (secondary N) is 3. The third-order valence-electron chi connectivity index (χ3n) is 4.64. The van der Waals surface area contributed by atoms with Crippen molar-refractivity contribution in [1.29, 1.82) is 0 Å². The first-order valence-corrected chi connectivity index (χ1v) is 9.98. The number of benzene rings is 2. The molecular weight excluding hydrogens is 491 g/mol. The first-order chi connectivity index (χ1) is 14.0. The van der Waals surface area contributed by atoms with Crippen LogP contribution in [-0.2, 0) is 6.42 Å². The van der Waals surface area contributed by atoms with E-state index in [2.05, 4.69) is 35.9 Å². The van der Waals surface area contributed by atoms with Gasteiger partial charge in [-0.2, -0.15) is 0 Å². The van der Waals surface area contributed by atoms with E-state index in [1.807, 2.05) is 43.3 Å². The van der Waals surface area contributed by atoms with E-state index < -0.39 is 0 Å². The fraction of sp³-hybridized carbons (Fsp3) is 0.391. The number of carbonyl (C=O) groups is 1. The lowest BCUT2D eigenvalue weighted by atomic mass is 10.0. The average Bonchev–Trinajstić information content (AvgIpc) is 2.73. The van der Waals surface area contributed by atoms with Crippen LogP contribution in [0.5, 0.6) is 5.75 Å². The molecule has 2 aromatic carbocycles. The topological polar surface area (TPSA) is 74.8 Å². The number of guanidine groups is 1. The van der Waals surface area contributed by atoms with Gasteiger partial charge in [-0.25, -0.2) is 0 Å². The molecule has 0 radical (unpaired) electrons. The summed E-state index contributed by atoms with van der Waals surface area (Å²) in [6.07, 6.45) is 0.754. The lowest BCUT2D eigenvalue weighted by Crippen LogP contribution is -2.39. The van der Waals surface area contributed by atoms with Gasteiger partial charge in [0.2, 0.25) is 0 Å². The van der Waals surface area contributed by atoms with Crippen molar-refractivity contribution in [2.45, 2.75) is 33.2 Å². The summed E-state index contributed by atoms with van der Waals surface area (Å²) in [5.74, 6) is 1.54. The number of amides is 1. The highest BCUT2D eigenvalue weighted by molar-refractivity contribution is 14.0. The van der Waals surface area contributed by atoms with Gasteiger partial charge in [0.05, 0.1) is 13.2 Å². The Morgan fingerprint density at radius 2 is 1.97 bits per heavy atom. The lowest BCUT2D eigenvalue weighted by molar-refractivity contribution is 0.0963. The van der Waals surface area contributed by atoms with Gasteiger partial charge in [-0.1, -0.05) is 29.8 Å². The van der Waals surface area contributed by atoms with E-state index in [0.717, 1.165) is 35.8 Å². The number of carbonyl (C=O) groups excluding carboxylic acids is 1. The number of hydrogen-bond acceptors (Lipinski definition) is 3. The van der Waals surface area contributed by atoms with Crippen LogP contribution in [0.15, 0.2) is 47.5 Å². The summed E-state index contributed by atoms with van der Waals surface area (Å²) in [4.78, 5) is 16.5. The maximum atomic E-state index is 11.8. The molecule has 6 nitrogen and oxygen atoms in total. The number of ether oxygens (including phenoxy) is 1. The molecule has 0 aliphatic rings. The van der Waals surface area contributed by atoms with Gasteiger partial charge in [0.15, 0.2) is 5.96 Å². The molecule has 164 valence electrons. The van der Waals surface area contributed by atoms with Crippen LogP contribution in [0.1, 0.15) is 46.9 Å². The smallest absolute Gasteiger partial charge is 0.251 e. The molecule has 1 amide bonds. The zero-order valence-corrected chi connectivity index (χ0v) is 20.7. The number of hydrogen-bond donors (Lipinski definition) is 3. The summed E-state index contributed by atoms with van der Waals surface area (Å²) >= 11 is 0. The fourth-order valence-corrected chi connectivity index (χ4v) is 3.10. The highest BCUT2D eigenvalue weighted by atomic mass is 127. The Bertz CT molecular complexity index is 855. The third-order valence-corrected chi connectivity index (χ3v) is 4.64. The van der Waals surface area contributed by atoms with E-state index in [1.54, 1.807) is 14.2 Å². The molecule has 3 N–H and O–H groups in total. The van der Waals surface area contributed by atoms with E-state index >= 15 is 0 Å². The van der Waals surface area contributed by atoms with Crippen LogP contribution in [0.25, 0.3) is 0 Å². The number of halogens is 1. The summed E-state index contributed by atoms with van der Waals surface area (Å²) in [6.45, 7) is 7.60. The van der Waals surface area contributed by atoms with E-state index in [-0.39, 0.29) is 35.9 Å². The van der Waals surface area contributed by atoms with Crippen LogP contribution in [0.2, 0.25) is 0 Å². The number of rotatable bonds is 8. The first kappa shape index (κ1) is 25.7. The highest BCUT2D eigenvalue weighted by Gasteiger charge is 2.13. The molecule has 2 aromatic rings. The third kappa shape index (κ3) is 7.51. The van der Waals surface area contributed by atoms with Gasteiger partial charge >= 0.3 is 0 Å². The molecule has 0 aromatic heterocycles. The molecular formula is C23H33IN4O2. The summed E-state index contributed by atoms with van der Waals surface area (Å²) in [6, 6.07) is 13.8. The minimum absolute atomic E-state index is 0. The molecule has 7 heteroatoms. The molecule has 0 aliphatic carbocycles. The SMILES string of the molecule is CCNC(=NCCc1cccc(C(=O)NC)c1)NC(C)c1cc(C)ccc1OC.I. The largest absolute Gasteiger partial charge is 0.496 e. The van der Waals surface area contributed by atoms with Crippen molar-refractivity contribution in [2.24, 2.45) is 4.99 Å². The summed E-state index contributed by atoms with van der Waals surface area (Å²) in [7, 11) is 3.32. The van der Waals surface area contributed by atoms with E-state index in [0.29, 0.717) is 12.1 Å². The van der Waals surface area contributed by atoms with Crippen LogP contribution in [0.4, 0.5) is 0 Å². The Morgan fingerprint density at radius 1 is 1.20 bits per heavy atom. The minimum Gasteiger partial charge on any atom is -0.496 e. The predicted molar refractivity (Wildman–Crippen MR) is 134 cm³/mol. The van der Waals surface area contributed by atoms with Gasteiger partial charge in [0.1, 0.15) is 5.75 Å². The zero-order chi connectivity index (χ0) is 21.2. The van der Waals surface area contributed by atoms with Crippen molar-refractivity contribution in [3.8, 4) is 5.75 Å². The van der Waals surface area contributed by atoms with Gasteiger partial charge in [-0.15, -0.1) is 24.0 Å². The van der Waals surface area contributed by atoms with Crippen molar-refractivity contribution in [3.63, 3.8) is 0 Å². The fourth-order valence-electron chi connectivity index (χ4n) is 3.10. The van der Waals surface area contributed by atoms with E-state index in [9.17, 15) is 4.79 Å². The lowest BCUT2D eigenvalue weighted by Gasteiger charge is -2.20. The van der Waals surface area contributed by atoms with Gasteiger partial charge in [-0.3, -0.25) is 9.79 Å². The van der Waals surface area contributed by atoms with Crippen molar-refractivity contribution >= 4 is 35.8 Å². The second-order valence-corrected chi connectivity index (χ2v) is 6.90. The van der Waals surface area contributed by atoms with E-state index in [4.69, 9.17) is 9.73 Å². The molecule has 0 heterocycles. The second-order valence-electron chi connectivity index (χ2n) is 6.90. The van der Waals surface area contributed by atoms with E-state index in [1.165, 1.54) is 5.56 Å². The molecule has 0 fully saturated rings. The predicted octanol–water partition coefficient (Wildman–Crippen LogP) is 3.84. The normalized spacial score (nSPS) is 11.8. The zero-order valence-electron chi connectivity index (χ0n) is 18.4. The molecule has 2 rings (SSSR count). The van der Waals surface area contributed by atoms with Crippen LogP contribution in [0, 0.1) is 6.92 Å². The average molecular weight is 524 g/mol. The van der Waals surface area contributed by atoms with Crippen LogP contribution in [0.3, 0.4) is 0 Å². The monoisotopic (exact) mass is 524 g/mol. The molecule has 0 spiro atoms. The van der Waals surface area contributed by atoms with Gasteiger partial charge in [-0.05, 0) is 51.0 Å². The quantitative estimate of drug-likeness (QED) is 0.279. The van der Waals surface area contributed by atoms with Gasteiger partial charge < -0.3 is 20.7 Å². The number of aliphatic imine (C=N–C) groups is 1. The number of methoxy groups -OCH3 is 1. The van der Waals surface area contributed by atoms with Crippen molar-refractivity contribution < 1.29 is 9.53 Å². The summed E-state index contributed by atoms with van der Waals surface area (Å²) in [5.41, 5.74) is 4.03. The van der Waals surface area contributed by atoms with Crippen molar-refractivity contribution in [3.05, 3.63) is 64.7 Å². The molecule has 0 saturated carbocycles. The maximum absolute atomic E-state index is 11.8. The molecule has 0 aliphatic heterocycles. The highest BCUT2D eigenvalue weighted by Crippen LogP contribution is 2.25. The Morgan fingerprint density at radius 3 is 2.63 bits per heavy atom. The molecule has 1 unspecified atom stereocenters. The van der Waals surface area contributed by atoms with Crippen molar-refractivity contribution in [1.82, 2.24) is 16.0 Å². The maximum Gasteiger partial charge on any atom is 0.251 e. The molecule has 30 heavy (non-hydrogen) atoms. The van der Waals surface area contributed by atoms with Crippen molar-refractivity contribution in [2.75, 3.05) is 27.2 Å². The summed E-state index contributed by atoms with van der Waals surface area (Å²) < 4.78 is 5.51. The standard InChI is InChI=1S/C23H32N4O2.HI/c1-6-25-23(27-17(3)20-14-16(2)10-11-21(20)29-5)26-13-12-18-8-7-9-19(15-18)22(28)24-4;/h7-11,14-15,17H,6,12-13H2,1-5H3,(H,24,28)(H2,25,26,27);1H. The first-order valence-electron chi connectivity index (χ1n) is 9.98. The van der Waals surface area contributed by atoms with Gasteiger partial charge in [0.25, 0.3) is 5.91 Å². The van der Waals surface area contributed by atoms with Crippen LogP contribution in [-0.4, -0.2) is 39.1 Å². The van der Waals surface area contributed by atoms with Crippen LogP contribution < -0.4 is 20.7 Å². The second kappa shape index (κ2) is 13.1. The number of aryl methyl sites for hydroxylation is 1. The van der Waals surface area contributed by atoms with Gasteiger partial charge in [0, 0.05) is 31.3 Å². The van der Waals surface area contributed by atoms with Crippen LogP contribution >= 0.6 is 24.0 Å². The summed E-state index contributed by atoms with van der Waals surface area (Å²) in [5, 5.41) is 9.40. The Labute approximate surface area is 196 Å². The minimum atomic E-state index is -0.0775. The Hall–Kier alpha value is -2.29.